The second kappa shape index (κ2) is 9.77. The summed E-state index contributed by atoms with van der Waals surface area (Å²) >= 11 is 0. The zero-order valence-electron chi connectivity index (χ0n) is 8.77. The molecule has 0 unspecified atom stereocenters. The molecule has 2 radical (unpaired) electrons. The van der Waals surface area contributed by atoms with Crippen molar-refractivity contribution in [1.29, 1.82) is 0 Å². The van der Waals surface area contributed by atoms with Gasteiger partial charge < -0.3 is 4.43 Å². The molecule has 0 amide bonds. The smallest absolute Gasteiger partial charge is 0.311 e. The van der Waals surface area contributed by atoms with Crippen molar-refractivity contribution in [3.05, 3.63) is 0 Å². The molecule has 76 valence electrons. The summed E-state index contributed by atoms with van der Waals surface area (Å²) in [5.74, 6) is -0.0312. The molecule has 3 heteroatoms. The zero-order valence-corrected chi connectivity index (χ0v) is 9.77. The van der Waals surface area contributed by atoms with Crippen molar-refractivity contribution in [1.82, 2.24) is 0 Å². The van der Waals surface area contributed by atoms with E-state index in [4.69, 9.17) is 4.43 Å². The van der Waals surface area contributed by atoms with Gasteiger partial charge in [-0.2, -0.15) is 0 Å². The third-order valence-electron chi connectivity index (χ3n) is 1.95. The van der Waals surface area contributed by atoms with Crippen LogP contribution < -0.4 is 0 Å². The van der Waals surface area contributed by atoms with Gasteiger partial charge in [-0.05, 0) is 13.0 Å². The highest BCUT2D eigenvalue weighted by Gasteiger charge is 2.00. The quantitative estimate of drug-likeness (QED) is 0.445. The molecule has 0 fully saturated rings. The van der Waals surface area contributed by atoms with Crippen LogP contribution in [0.15, 0.2) is 0 Å². The molecule has 0 aromatic heterocycles. The maximum atomic E-state index is 10.9. The fraction of sp³-hybridized carbons (Fsp3) is 0.900. The summed E-state index contributed by atoms with van der Waals surface area (Å²) in [6, 6.07) is 0. The number of carbonyl (C=O) groups excluding carboxylic acids is 1. The van der Waals surface area contributed by atoms with E-state index in [2.05, 4.69) is 6.92 Å². The highest BCUT2D eigenvalue weighted by atomic mass is 28.2. The van der Waals surface area contributed by atoms with Gasteiger partial charge in [0.15, 0.2) is 0 Å². The minimum atomic E-state index is -0.0312. The van der Waals surface area contributed by atoms with Gasteiger partial charge in [-0.1, -0.05) is 39.0 Å². The molecule has 0 atom stereocenters. The van der Waals surface area contributed by atoms with E-state index in [0.29, 0.717) is 16.2 Å². The summed E-state index contributed by atoms with van der Waals surface area (Å²) in [6.07, 6.45) is 7.93. The van der Waals surface area contributed by atoms with E-state index in [0.717, 1.165) is 6.42 Å². The second-order valence-corrected chi connectivity index (χ2v) is 3.81. The van der Waals surface area contributed by atoms with Crippen molar-refractivity contribution in [3.8, 4) is 0 Å². The molecule has 0 N–H and O–H groups in total. The number of unbranched alkanes of at least 4 members (excludes halogenated alkanes) is 5. The number of rotatable bonds is 8. The van der Waals surface area contributed by atoms with E-state index in [9.17, 15) is 4.79 Å². The topological polar surface area (TPSA) is 26.3 Å². The van der Waals surface area contributed by atoms with Crippen molar-refractivity contribution >= 4 is 15.7 Å². The van der Waals surface area contributed by atoms with E-state index in [1.54, 1.807) is 0 Å². The molecule has 0 saturated heterocycles. The Kier molecular flexibility index (Phi) is 9.54. The van der Waals surface area contributed by atoms with E-state index in [1.165, 1.54) is 32.1 Å². The largest absolute Gasteiger partial charge is 0.517 e. The van der Waals surface area contributed by atoms with Crippen LogP contribution in [-0.2, 0) is 9.22 Å². The average molecular weight is 200 g/mol. The first kappa shape index (κ1) is 12.7. The minimum Gasteiger partial charge on any atom is -0.517 e. The highest BCUT2D eigenvalue weighted by molar-refractivity contribution is 6.28. The molecule has 0 saturated carbocycles. The van der Waals surface area contributed by atoms with Gasteiger partial charge in [0.25, 0.3) is 5.97 Å². The Balaban J connectivity index is 3.02. The molecule has 0 bridgehead atoms. The van der Waals surface area contributed by atoms with Crippen molar-refractivity contribution in [2.45, 2.75) is 58.4 Å². The molecule has 0 rings (SSSR count). The Hall–Kier alpha value is -0.313. The van der Waals surface area contributed by atoms with Crippen molar-refractivity contribution < 1.29 is 9.22 Å². The van der Waals surface area contributed by atoms with E-state index in [-0.39, 0.29) is 5.97 Å². The van der Waals surface area contributed by atoms with Crippen molar-refractivity contribution in [2.75, 3.05) is 0 Å². The lowest BCUT2D eigenvalue weighted by Crippen LogP contribution is -2.05. The lowest BCUT2D eigenvalue weighted by Gasteiger charge is -2.01. The molecule has 0 aromatic carbocycles. The predicted octanol–water partition coefficient (Wildman–Crippen LogP) is 2.95. The van der Waals surface area contributed by atoms with Gasteiger partial charge >= 0.3 is 9.76 Å². The van der Waals surface area contributed by atoms with Gasteiger partial charge in [0, 0.05) is 6.42 Å². The van der Waals surface area contributed by atoms with E-state index < -0.39 is 0 Å². The fourth-order valence-electron chi connectivity index (χ4n) is 1.21. The Labute approximate surface area is 84.0 Å². The molecule has 0 aromatic rings. The Morgan fingerprint density at radius 2 is 1.77 bits per heavy atom. The predicted molar refractivity (Wildman–Crippen MR) is 55.7 cm³/mol. The van der Waals surface area contributed by atoms with Gasteiger partial charge in [-0.15, -0.1) is 0 Å². The maximum Gasteiger partial charge on any atom is 0.311 e. The SMILES string of the molecule is CCCCCCCCC(=O)O[Si]C. The summed E-state index contributed by atoms with van der Waals surface area (Å²) in [5.41, 5.74) is 0. The van der Waals surface area contributed by atoms with Gasteiger partial charge in [-0.3, -0.25) is 4.79 Å². The van der Waals surface area contributed by atoms with E-state index >= 15 is 0 Å². The summed E-state index contributed by atoms with van der Waals surface area (Å²) < 4.78 is 4.86. The number of hydrogen-bond donors (Lipinski definition) is 0. The van der Waals surface area contributed by atoms with Crippen LogP contribution in [0.1, 0.15) is 51.9 Å². The monoisotopic (exact) mass is 200 g/mol. The van der Waals surface area contributed by atoms with Crippen LogP contribution >= 0.6 is 0 Å². The lowest BCUT2D eigenvalue weighted by atomic mass is 10.1. The van der Waals surface area contributed by atoms with Crippen LogP contribution in [0.5, 0.6) is 0 Å². The number of carbonyl (C=O) groups is 1. The first-order valence-corrected chi connectivity index (χ1v) is 6.58. The Morgan fingerprint density at radius 1 is 1.15 bits per heavy atom. The fourth-order valence-corrected chi connectivity index (χ4v) is 1.54. The van der Waals surface area contributed by atoms with Crippen LogP contribution in [0.2, 0.25) is 6.55 Å². The van der Waals surface area contributed by atoms with Gasteiger partial charge in [0.1, 0.15) is 0 Å². The molecule has 13 heavy (non-hydrogen) atoms. The minimum absolute atomic E-state index is 0.0312. The summed E-state index contributed by atoms with van der Waals surface area (Å²) in [7, 11) is 0.301. The van der Waals surface area contributed by atoms with Crippen LogP contribution in [-0.4, -0.2) is 15.7 Å². The van der Waals surface area contributed by atoms with Crippen LogP contribution in [0.25, 0.3) is 0 Å². The van der Waals surface area contributed by atoms with Crippen LogP contribution in [0.3, 0.4) is 0 Å². The molecular weight excluding hydrogens is 180 g/mol. The zero-order chi connectivity index (χ0) is 9.94. The summed E-state index contributed by atoms with van der Waals surface area (Å²) in [5, 5.41) is 0. The first-order valence-electron chi connectivity index (χ1n) is 5.17. The molecule has 2 nitrogen and oxygen atoms in total. The Bertz CT molecular complexity index is 126. The van der Waals surface area contributed by atoms with Crippen molar-refractivity contribution in [2.24, 2.45) is 0 Å². The molecule has 0 aliphatic heterocycles. The maximum absolute atomic E-state index is 10.9. The first-order chi connectivity index (χ1) is 6.31. The normalized spacial score (nSPS) is 10.0. The molecule has 0 spiro atoms. The van der Waals surface area contributed by atoms with Crippen molar-refractivity contribution in [3.63, 3.8) is 0 Å². The summed E-state index contributed by atoms with van der Waals surface area (Å²) in [4.78, 5) is 10.9. The number of hydrogen-bond acceptors (Lipinski definition) is 2. The molecule has 0 heterocycles. The van der Waals surface area contributed by atoms with Gasteiger partial charge in [0.05, 0.1) is 0 Å². The third-order valence-corrected chi connectivity index (χ3v) is 2.38. The molecule has 0 aliphatic rings. The molecular formula is C10H20O2Si. The van der Waals surface area contributed by atoms with Crippen LogP contribution in [0, 0.1) is 0 Å². The van der Waals surface area contributed by atoms with Crippen LogP contribution in [0.4, 0.5) is 0 Å². The summed E-state index contributed by atoms with van der Waals surface area (Å²) in [6.45, 7) is 4.08. The lowest BCUT2D eigenvalue weighted by molar-refractivity contribution is -0.134. The molecule has 0 aliphatic carbocycles. The van der Waals surface area contributed by atoms with Gasteiger partial charge in [-0.25, -0.2) is 0 Å². The standard InChI is InChI=1S/C10H20O2Si/c1-3-4-5-6-7-8-9-10(11)12-13-2/h3-9H2,1-2H3. The van der Waals surface area contributed by atoms with Gasteiger partial charge in [0.2, 0.25) is 0 Å². The second-order valence-electron chi connectivity index (χ2n) is 3.20. The Morgan fingerprint density at radius 3 is 2.38 bits per heavy atom. The average Bonchev–Trinajstić information content (AvgIpc) is 2.11. The highest BCUT2D eigenvalue weighted by Crippen LogP contribution is 2.07. The third kappa shape index (κ3) is 9.60. The van der Waals surface area contributed by atoms with E-state index in [1.807, 2.05) is 6.55 Å².